The minimum Gasteiger partial charge on any atom is -0.353 e. The van der Waals surface area contributed by atoms with E-state index in [1.165, 1.54) is 10.9 Å². The molecule has 1 aliphatic heterocycles. The summed E-state index contributed by atoms with van der Waals surface area (Å²) in [7, 11) is 0. The number of carbonyl (C=O) groups is 1. The van der Waals surface area contributed by atoms with E-state index in [9.17, 15) is 4.79 Å². The van der Waals surface area contributed by atoms with Gasteiger partial charge in [-0.1, -0.05) is 48.5 Å². The summed E-state index contributed by atoms with van der Waals surface area (Å²) in [5, 5.41) is 1.18. The summed E-state index contributed by atoms with van der Waals surface area (Å²) in [4.78, 5) is 11.1. The molecule has 110 valence electrons. The summed E-state index contributed by atoms with van der Waals surface area (Å²) >= 11 is 0. The van der Waals surface area contributed by atoms with Crippen molar-refractivity contribution >= 4 is 17.2 Å². The molecule has 1 saturated heterocycles. The Morgan fingerprint density at radius 2 is 1.95 bits per heavy atom. The summed E-state index contributed by atoms with van der Waals surface area (Å²) in [5.74, 6) is 0. The molecule has 0 amide bonds. The Morgan fingerprint density at radius 1 is 1.14 bits per heavy atom. The minimum absolute atomic E-state index is 0.335. The summed E-state index contributed by atoms with van der Waals surface area (Å²) in [6, 6.07) is 18.7. The highest BCUT2D eigenvalue weighted by Crippen LogP contribution is 2.47. The normalized spacial score (nSPS) is 23.6. The molecule has 0 bridgehead atoms. The fourth-order valence-corrected chi connectivity index (χ4v) is 3.18. The van der Waals surface area contributed by atoms with Crippen LogP contribution >= 0.6 is 0 Å². The van der Waals surface area contributed by atoms with Gasteiger partial charge in [0, 0.05) is 18.3 Å². The Bertz CT molecular complexity index is 837. The smallest absolute Gasteiger partial charge is 0.152 e. The number of epoxide rings is 1. The van der Waals surface area contributed by atoms with Gasteiger partial charge in [-0.25, -0.2) is 0 Å². The number of para-hydroxylation sites is 1. The molecule has 2 atom stereocenters. The molecule has 0 saturated carbocycles. The Morgan fingerprint density at radius 3 is 2.68 bits per heavy atom. The van der Waals surface area contributed by atoms with E-state index in [1.807, 2.05) is 19.1 Å². The number of ether oxygens (including phenoxy) is 1. The molecule has 1 fully saturated rings. The van der Waals surface area contributed by atoms with E-state index in [0.717, 1.165) is 23.9 Å². The van der Waals surface area contributed by atoms with Crippen LogP contribution in [-0.2, 0) is 21.7 Å². The number of benzene rings is 2. The van der Waals surface area contributed by atoms with Crippen molar-refractivity contribution in [3.05, 3.63) is 71.9 Å². The number of rotatable bonds is 4. The number of hydrogen-bond acceptors (Lipinski definition) is 2. The van der Waals surface area contributed by atoms with Crippen LogP contribution in [0, 0.1) is 0 Å². The Labute approximate surface area is 129 Å². The largest absolute Gasteiger partial charge is 0.353 e. The van der Waals surface area contributed by atoms with Crippen LogP contribution in [0.2, 0.25) is 0 Å². The van der Waals surface area contributed by atoms with Gasteiger partial charge in [0.25, 0.3) is 0 Å². The fraction of sp³-hybridized carbons (Fsp3) is 0.211. The quantitative estimate of drug-likeness (QED) is 0.544. The van der Waals surface area contributed by atoms with Gasteiger partial charge in [0.2, 0.25) is 0 Å². The van der Waals surface area contributed by atoms with Gasteiger partial charge in [0.1, 0.15) is 11.7 Å². The van der Waals surface area contributed by atoms with E-state index >= 15 is 0 Å². The van der Waals surface area contributed by atoms with E-state index < -0.39 is 5.60 Å². The zero-order valence-corrected chi connectivity index (χ0v) is 12.4. The topological polar surface area (TPSA) is 34.5 Å². The third kappa shape index (κ3) is 1.97. The maximum atomic E-state index is 11.1. The molecule has 0 aliphatic carbocycles. The molecule has 1 aromatic heterocycles. The van der Waals surface area contributed by atoms with Gasteiger partial charge in [-0.3, -0.25) is 0 Å². The molecule has 0 unspecified atom stereocenters. The molecule has 2 aromatic carbocycles. The molecule has 0 radical (unpaired) electrons. The number of aldehydes is 1. The number of aromatic nitrogens is 1. The lowest BCUT2D eigenvalue weighted by Crippen LogP contribution is -2.11. The molecule has 3 aromatic rings. The third-order valence-corrected chi connectivity index (χ3v) is 4.50. The van der Waals surface area contributed by atoms with Gasteiger partial charge in [-0.05, 0) is 23.9 Å². The maximum Gasteiger partial charge on any atom is 0.152 e. The van der Waals surface area contributed by atoms with Crippen molar-refractivity contribution in [3.8, 4) is 0 Å². The average Bonchev–Trinajstić information content (AvgIpc) is 3.07. The number of carbonyl (C=O) groups excluding carboxylic acids is 1. The van der Waals surface area contributed by atoms with Crippen molar-refractivity contribution in [1.29, 1.82) is 0 Å². The van der Waals surface area contributed by atoms with E-state index in [0.29, 0.717) is 0 Å². The van der Waals surface area contributed by atoms with E-state index in [2.05, 4.69) is 53.2 Å². The minimum atomic E-state index is -0.492. The van der Waals surface area contributed by atoms with Crippen LogP contribution in [0.25, 0.3) is 10.9 Å². The third-order valence-electron chi connectivity index (χ3n) is 4.50. The van der Waals surface area contributed by atoms with Crippen LogP contribution in [0.4, 0.5) is 0 Å². The predicted octanol–water partition coefficient (Wildman–Crippen LogP) is 3.50. The zero-order valence-electron chi connectivity index (χ0n) is 12.4. The first-order valence-corrected chi connectivity index (χ1v) is 7.48. The van der Waals surface area contributed by atoms with E-state index in [1.54, 1.807) is 0 Å². The van der Waals surface area contributed by atoms with Gasteiger partial charge in [0.15, 0.2) is 6.29 Å². The molecule has 22 heavy (non-hydrogen) atoms. The van der Waals surface area contributed by atoms with Crippen LogP contribution in [0.3, 0.4) is 0 Å². The summed E-state index contributed by atoms with van der Waals surface area (Å²) in [5.41, 5.74) is 3.00. The monoisotopic (exact) mass is 291 g/mol. The van der Waals surface area contributed by atoms with Crippen LogP contribution in [0.15, 0.2) is 60.8 Å². The van der Waals surface area contributed by atoms with Crippen molar-refractivity contribution < 1.29 is 9.53 Å². The van der Waals surface area contributed by atoms with Crippen molar-refractivity contribution in [2.24, 2.45) is 0 Å². The van der Waals surface area contributed by atoms with Crippen molar-refractivity contribution in [2.75, 3.05) is 0 Å². The molecule has 4 rings (SSSR count). The predicted molar refractivity (Wildman–Crippen MR) is 85.8 cm³/mol. The molecular formula is C19H17NO2. The Balaban J connectivity index is 1.82. The SMILES string of the molecule is C[C@@]1(c2cccc3ccn(Cc4ccccc4)c23)O[C@H]1C=O. The van der Waals surface area contributed by atoms with Gasteiger partial charge in [0.05, 0.1) is 5.52 Å². The maximum absolute atomic E-state index is 11.1. The second-order valence-corrected chi connectivity index (χ2v) is 5.95. The van der Waals surface area contributed by atoms with Crippen LogP contribution in [-0.4, -0.2) is 17.0 Å². The zero-order chi connectivity index (χ0) is 15.2. The average molecular weight is 291 g/mol. The van der Waals surface area contributed by atoms with Crippen molar-refractivity contribution in [2.45, 2.75) is 25.2 Å². The second kappa shape index (κ2) is 4.82. The molecule has 3 nitrogen and oxygen atoms in total. The molecule has 0 spiro atoms. The fourth-order valence-electron chi connectivity index (χ4n) is 3.18. The first kappa shape index (κ1) is 13.3. The summed E-state index contributed by atoms with van der Waals surface area (Å²) in [6.45, 7) is 2.80. The van der Waals surface area contributed by atoms with Crippen LogP contribution in [0.5, 0.6) is 0 Å². The molecule has 2 heterocycles. The lowest BCUT2D eigenvalue weighted by molar-refractivity contribution is -0.108. The second-order valence-electron chi connectivity index (χ2n) is 5.95. The highest BCUT2D eigenvalue weighted by Gasteiger charge is 2.54. The lowest BCUT2D eigenvalue weighted by atomic mass is 9.95. The highest BCUT2D eigenvalue weighted by molar-refractivity contribution is 5.86. The number of nitrogens with zero attached hydrogens (tertiary/aromatic N) is 1. The van der Waals surface area contributed by atoms with Gasteiger partial charge < -0.3 is 14.1 Å². The number of fused-ring (bicyclic) bond motifs is 1. The first-order chi connectivity index (χ1) is 10.7. The molecule has 3 heteroatoms. The van der Waals surface area contributed by atoms with E-state index in [-0.39, 0.29) is 6.10 Å². The molecular weight excluding hydrogens is 274 g/mol. The van der Waals surface area contributed by atoms with Crippen LogP contribution in [0.1, 0.15) is 18.1 Å². The highest BCUT2D eigenvalue weighted by atomic mass is 16.6. The molecule has 0 N–H and O–H groups in total. The Hall–Kier alpha value is -2.39. The van der Waals surface area contributed by atoms with Crippen molar-refractivity contribution in [1.82, 2.24) is 4.57 Å². The standard InChI is InChI=1S/C19H17NO2/c1-19(17(13-21)22-19)16-9-5-8-15-10-11-20(18(15)16)12-14-6-3-2-4-7-14/h2-11,13,17H,12H2,1H3/t17-,19-/m0/s1. The summed E-state index contributed by atoms with van der Waals surface area (Å²) in [6.07, 6.45) is 2.66. The first-order valence-electron chi connectivity index (χ1n) is 7.48. The lowest BCUT2D eigenvalue weighted by Gasteiger charge is -2.13. The van der Waals surface area contributed by atoms with Gasteiger partial charge in [-0.15, -0.1) is 0 Å². The Kier molecular flexibility index (Phi) is 2.91. The van der Waals surface area contributed by atoms with Gasteiger partial charge in [-0.2, -0.15) is 0 Å². The summed E-state index contributed by atoms with van der Waals surface area (Å²) < 4.78 is 7.87. The molecule has 1 aliphatic rings. The van der Waals surface area contributed by atoms with Crippen LogP contribution < -0.4 is 0 Å². The van der Waals surface area contributed by atoms with Gasteiger partial charge >= 0.3 is 0 Å². The van der Waals surface area contributed by atoms with E-state index in [4.69, 9.17) is 4.74 Å². The van der Waals surface area contributed by atoms with Crippen molar-refractivity contribution in [3.63, 3.8) is 0 Å². The number of hydrogen-bond donors (Lipinski definition) is 0.